The van der Waals surface area contributed by atoms with Crippen molar-refractivity contribution in [2.24, 2.45) is 5.73 Å². The first-order valence-electron chi connectivity index (χ1n) is 5.61. The third-order valence-electron chi connectivity index (χ3n) is 2.59. The van der Waals surface area contributed by atoms with Gasteiger partial charge in [0.1, 0.15) is 11.6 Å². The van der Waals surface area contributed by atoms with Crippen molar-refractivity contribution >= 4 is 28.3 Å². The van der Waals surface area contributed by atoms with Gasteiger partial charge in [-0.2, -0.15) is 0 Å². The normalized spacial score (nSPS) is 10.3. The SMILES string of the molecule is NCc1ccc(Oc2cc(F)c(I)cc2[N+](=O)[O-])cc1. The number of nitro groups is 1. The Kier molecular flexibility index (Phi) is 4.50. The van der Waals surface area contributed by atoms with E-state index in [-0.39, 0.29) is 15.0 Å². The monoisotopic (exact) mass is 388 g/mol. The molecule has 2 rings (SSSR count). The summed E-state index contributed by atoms with van der Waals surface area (Å²) in [4.78, 5) is 10.4. The molecule has 0 aliphatic rings. The molecule has 0 spiro atoms. The molecule has 2 aromatic carbocycles. The van der Waals surface area contributed by atoms with Crippen LogP contribution in [0.25, 0.3) is 0 Å². The molecule has 0 fully saturated rings. The average Bonchev–Trinajstić information content (AvgIpc) is 2.43. The van der Waals surface area contributed by atoms with Crippen LogP contribution in [-0.4, -0.2) is 4.92 Å². The topological polar surface area (TPSA) is 78.4 Å². The number of rotatable bonds is 4. The molecule has 20 heavy (non-hydrogen) atoms. The van der Waals surface area contributed by atoms with Gasteiger partial charge in [0.15, 0.2) is 0 Å². The second kappa shape index (κ2) is 6.14. The van der Waals surface area contributed by atoms with Crippen molar-refractivity contribution in [3.05, 3.63) is 61.5 Å². The van der Waals surface area contributed by atoms with Crippen LogP contribution in [0.3, 0.4) is 0 Å². The van der Waals surface area contributed by atoms with E-state index in [1.807, 2.05) is 0 Å². The van der Waals surface area contributed by atoms with Crippen molar-refractivity contribution in [1.29, 1.82) is 0 Å². The first kappa shape index (κ1) is 14.7. The van der Waals surface area contributed by atoms with Gasteiger partial charge >= 0.3 is 5.69 Å². The van der Waals surface area contributed by atoms with Gasteiger partial charge in [0.2, 0.25) is 5.75 Å². The van der Waals surface area contributed by atoms with E-state index in [0.717, 1.165) is 17.7 Å². The Morgan fingerprint density at radius 1 is 1.30 bits per heavy atom. The van der Waals surface area contributed by atoms with Gasteiger partial charge in [-0.25, -0.2) is 4.39 Å². The fraction of sp³-hybridized carbons (Fsp3) is 0.0769. The van der Waals surface area contributed by atoms with Crippen LogP contribution in [0.15, 0.2) is 36.4 Å². The van der Waals surface area contributed by atoms with Crippen LogP contribution in [0.2, 0.25) is 0 Å². The van der Waals surface area contributed by atoms with Gasteiger partial charge < -0.3 is 10.5 Å². The maximum Gasteiger partial charge on any atom is 0.312 e. The number of nitrogens with zero attached hydrogens (tertiary/aromatic N) is 1. The largest absolute Gasteiger partial charge is 0.450 e. The Balaban J connectivity index is 2.36. The summed E-state index contributed by atoms with van der Waals surface area (Å²) < 4.78 is 19.1. The lowest BCUT2D eigenvalue weighted by Crippen LogP contribution is -1.97. The summed E-state index contributed by atoms with van der Waals surface area (Å²) in [5, 5.41) is 11.0. The molecule has 0 aliphatic heterocycles. The molecule has 7 heteroatoms. The van der Waals surface area contributed by atoms with Crippen molar-refractivity contribution in [1.82, 2.24) is 0 Å². The van der Waals surface area contributed by atoms with Crippen molar-refractivity contribution < 1.29 is 14.1 Å². The zero-order valence-electron chi connectivity index (χ0n) is 10.2. The van der Waals surface area contributed by atoms with Gasteiger partial charge in [0.05, 0.1) is 8.49 Å². The van der Waals surface area contributed by atoms with Crippen LogP contribution in [-0.2, 0) is 6.54 Å². The lowest BCUT2D eigenvalue weighted by molar-refractivity contribution is -0.385. The van der Waals surface area contributed by atoms with Crippen LogP contribution in [0.4, 0.5) is 10.1 Å². The van der Waals surface area contributed by atoms with Gasteiger partial charge in [0.25, 0.3) is 0 Å². The van der Waals surface area contributed by atoms with Crippen LogP contribution >= 0.6 is 22.6 Å². The van der Waals surface area contributed by atoms with E-state index in [4.69, 9.17) is 10.5 Å². The van der Waals surface area contributed by atoms with Crippen LogP contribution in [0.5, 0.6) is 11.5 Å². The van der Waals surface area contributed by atoms with Gasteiger partial charge in [0, 0.05) is 18.7 Å². The highest BCUT2D eigenvalue weighted by atomic mass is 127. The van der Waals surface area contributed by atoms with Crippen molar-refractivity contribution in [2.75, 3.05) is 0 Å². The summed E-state index contributed by atoms with van der Waals surface area (Å²) in [6.07, 6.45) is 0. The summed E-state index contributed by atoms with van der Waals surface area (Å²) in [7, 11) is 0. The van der Waals surface area contributed by atoms with Gasteiger partial charge in [-0.15, -0.1) is 0 Å². The van der Waals surface area contributed by atoms with Crippen molar-refractivity contribution in [3.63, 3.8) is 0 Å². The smallest absolute Gasteiger partial charge is 0.312 e. The zero-order chi connectivity index (χ0) is 14.7. The quantitative estimate of drug-likeness (QED) is 0.493. The molecular formula is C13H10FIN2O3. The average molecular weight is 388 g/mol. The minimum atomic E-state index is -0.606. The maximum atomic E-state index is 13.5. The second-order valence-corrected chi connectivity index (χ2v) is 5.10. The molecule has 5 nitrogen and oxygen atoms in total. The van der Waals surface area contributed by atoms with E-state index in [1.165, 1.54) is 0 Å². The molecule has 104 valence electrons. The molecule has 0 saturated heterocycles. The predicted molar refractivity (Wildman–Crippen MR) is 80.2 cm³/mol. The Hall–Kier alpha value is -1.74. The van der Waals surface area contributed by atoms with E-state index < -0.39 is 10.7 Å². The van der Waals surface area contributed by atoms with E-state index in [0.29, 0.717) is 12.3 Å². The molecule has 0 aliphatic carbocycles. The molecule has 0 saturated carbocycles. The zero-order valence-corrected chi connectivity index (χ0v) is 12.3. The molecule has 0 unspecified atom stereocenters. The Morgan fingerprint density at radius 3 is 2.50 bits per heavy atom. The number of hydrogen-bond donors (Lipinski definition) is 1. The molecular weight excluding hydrogens is 378 g/mol. The number of benzene rings is 2. The summed E-state index contributed by atoms with van der Waals surface area (Å²) in [6, 6.07) is 8.88. The minimum Gasteiger partial charge on any atom is -0.450 e. The van der Waals surface area contributed by atoms with E-state index >= 15 is 0 Å². The number of hydrogen-bond acceptors (Lipinski definition) is 4. The van der Waals surface area contributed by atoms with Crippen LogP contribution in [0.1, 0.15) is 5.56 Å². The second-order valence-electron chi connectivity index (χ2n) is 3.94. The maximum absolute atomic E-state index is 13.5. The lowest BCUT2D eigenvalue weighted by Gasteiger charge is -2.08. The number of nitro benzene ring substituents is 1. The summed E-state index contributed by atoms with van der Waals surface area (Å²) in [5.74, 6) is -0.316. The van der Waals surface area contributed by atoms with E-state index in [1.54, 1.807) is 46.9 Å². The molecule has 0 atom stereocenters. The third-order valence-corrected chi connectivity index (χ3v) is 3.41. The summed E-state index contributed by atoms with van der Waals surface area (Å²) in [5.41, 5.74) is 6.10. The molecule has 0 bridgehead atoms. The molecule has 0 amide bonds. The van der Waals surface area contributed by atoms with Crippen LogP contribution < -0.4 is 10.5 Å². The van der Waals surface area contributed by atoms with E-state index in [2.05, 4.69) is 0 Å². The Morgan fingerprint density at radius 2 is 1.95 bits per heavy atom. The highest BCUT2D eigenvalue weighted by Gasteiger charge is 2.19. The standard InChI is InChI=1S/C13H10FIN2O3/c14-10-5-13(12(17(18)19)6-11(10)15)20-9-3-1-8(7-16)2-4-9/h1-6H,7,16H2. The molecule has 0 heterocycles. The number of ether oxygens (including phenoxy) is 1. The summed E-state index contributed by atoms with van der Waals surface area (Å²) >= 11 is 1.69. The highest BCUT2D eigenvalue weighted by molar-refractivity contribution is 14.1. The lowest BCUT2D eigenvalue weighted by atomic mass is 10.2. The number of halogens is 2. The molecule has 2 N–H and O–H groups in total. The fourth-order valence-electron chi connectivity index (χ4n) is 1.56. The number of nitrogens with two attached hydrogens (primary N) is 1. The predicted octanol–water partition coefficient (Wildman–Crippen LogP) is 3.59. The fourth-order valence-corrected chi connectivity index (χ4v) is 2.01. The van der Waals surface area contributed by atoms with E-state index in [9.17, 15) is 14.5 Å². The Labute approximate surface area is 127 Å². The van der Waals surface area contributed by atoms with Gasteiger partial charge in [-0.05, 0) is 40.3 Å². The van der Waals surface area contributed by atoms with Crippen molar-refractivity contribution in [2.45, 2.75) is 6.54 Å². The Bertz CT molecular complexity index is 647. The first-order valence-corrected chi connectivity index (χ1v) is 6.69. The third kappa shape index (κ3) is 3.23. The van der Waals surface area contributed by atoms with Crippen LogP contribution in [0, 0.1) is 19.5 Å². The van der Waals surface area contributed by atoms with Crippen molar-refractivity contribution in [3.8, 4) is 11.5 Å². The highest BCUT2D eigenvalue weighted by Crippen LogP contribution is 2.34. The van der Waals surface area contributed by atoms with Gasteiger partial charge in [-0.3, -0.25) is 10.1 Å². The molecule has 2 aromatic rings. The summed E-state index contributed by atoms with van der Waals surface area (Å²) in [6.45, 7) is 0.387. The molecule has 0 radical (unpaired) electrons. The minimum absolute atomic E-state index is 0.131. The molecule has 0 aromatic heterocycles. The van der Waals surface area contributed by atoms with Gasteiger partial charge in [-0.1, -0.05) is 12.1 Å². The first-order chi connectivity index (χ1) is 9.51.